The van der Waals surface area contributed by atoms with Gasteiger partial charge < -0.3 is 14.8 Å². The van der Waals surface area contributed by atoms with Crippen molar-refractivity contribution in [3.05, 3.63) is 30.5 Å². The quantitative estimate of drug-likeness (QED) is 0.611. The van der Waals surface area contributed by atoms with Crippen molar-refractivity contribution in [3.8, 4) is 5.75 Å². The van der Waals surface area contributed by atoms with Gasteiger partial charge in [-0.2, -0.15) is 0 Å². The van der Waals surface area contributed by atoms with E-state index in [-0.39, 0.29) is 5.91 Å². The summed E-state index contributed by atoms with van der Waals surface area (Å²) in [6.45, 7) is 6.72. The second-order valence-electron chi connectivity index (χ2n) is 6.71. The van der Waals surface area contributed by atoms with Crippen LogP contribution in [0.4, 0.5) is 5.69 Å². The minimum absolute atomic E-state index is 0.141. The lowest BCUT2D eigenvalue weighted by atomic mass is 9.97. The first-order valence-corrected chi connectivity index (χ1v) is 9.42. The summed E-state index contributed by atoms with van der Waals surface area (Å²) in [6.07, 6.45) is 6.44. The third-order valence-electron chi connectivity index (χ3n) is 4.67. The SMILES string of the molecule is CCCCOc1ccc(NC(=O)[C@@](C)(CCCC)OC)c2cccnc12. The molecule has 1 atom stereocenters. The van der Waals surface area contributed by atoms with Crippen LogP contribution in [0.15, 0.2) is 30.5 Å². The van der Waals surface area contributed by atoms with Crippen LogP contribution in [0.5, 0.6) is 5.75 Å². The number of carbonyl (C=O) groups is 1. The lowest BCUT2D eigenvalue weighted by Crippen LogP contribution is -2.42. The van der Waals surface area contributed by atoms with Crippen molar-refractivity contribution in [2.24, 2.45) is 0 Å². The van der Waals surface area contributed by atoms with Crippen LogP contribution in [0, 0.1) is 0 Å². The highest BCUT2D eigenvalue weighted by molar-refractivity contribution is 6.05. The molecule has 1 aromatic heterocycles. The number of hydrogen-bond acceptors (Lipinski definition) is 4. The third-order valence-corrected chi connectivity index (χ3v) is 4.67. The average Bonchev–Trinajstić information content (AvgIpc) is 2.67. The number of nitrogens with one attached hydrogen (secondary N) is 1. The van der Waals surface area contributed by atoms with Crippen LogP contribution in [0.3, 0.4) is 0 Å². The van der Waals surface area contributed by atoms with Crippen LogP contribution in [-0.4, -0.2) is 30.2 Å². The maximum atomic E-state index is 12.8. The summed E-state index contributed by atoms with van der Waals surface area (Å²) in [5, 5.41) is 3.88. The third kappa shape index (κ3) is 4.73. The molecule has 0 unspecified atom stereocenters. The molecule has 1 aromatic carbocycles. The van der Waals surface area contributed by atoms with Gasteiger partial charge in [0.2, 0.25) is 0 Å². The lowest BCUT2D eigenvalue weighted by Gasteiger charge is -2.27. The van der Waals surface area contributed by atoms with E-state index in [4.69, 9.17) is 9.47 Å². The number of amides is 1. The number of carbonyl (C=O) groups excluding carboxylic acids is 1. The van der Waals surface area contributed by atoms with E-state index in [1.54, 1.807) is 13.3 Å². The molecule has 5 heteroatoms. The fourth-order valence-corrected chi connectivity index (χ4v) is 2.78. The van der Waals surface area contributed by atoms with Crippen LogP contribution in [0.25, 0.3) is 10.9 Å². The molecule has 2 aromatic rings. The Labute approximate surface area is 156 Å². The van der Waals surface area contributed by atoms with Gasteiger partial charge in [0.1, 0.15) is 16.9 Å². The molecule has 1 N–H and O–H groups in total. The Kier molecular flexibility index (Phi) is 7.39. The summed E-state index contributed by atoms with van der Waals surface area (Å²) >= 11 is 0. The van der Waals surface area contributed by atoms with Gasteiger partial charge in [-0.05, 0) is 44.0 Å². The van der Waals surface area contributed by atoms with Crippen molar-refractivity contribution < 1.29 is 14.3 Å². The number of pyridine rings is 1. The molecule has 1 amide bonds. The second kappa shape index (κ2) is 9.53. The van der Waals surface area contributed by atoms with Gasteiger partial charge in [-0.25, -0.2) is 0 Å². The first kappa shape index (κ1) is 20.2. The first-order valence-electron chi connectivity index (χ1n) is 9.42. The largest absolute Gasteiger partial charge is 0.491 e. The van der Waals surface area contributed by atoms with Gasteiger partial charge in [-0.3, -0.25) is 9.78 Å². The molecule has 0 radical (unpaired) electrons. The first-order chi connectivity index (χ1) is 12.6. The van der Waals surface area contributed by atoms with Crippen molar-refractivity contribution in [1.82, 2.24) is 4.98 Å². The molecule has 5 nitrogen and oxygen atoms in total. The van der Waals surface area contributed by atoms with E-state index in [0.29, 0.717) is 13.0 Å². The predicted octanol–water partition coefficient (Wildman–Crippen LogP) is 4.95. The van der Waals surface area contributed by atoms with Gasteiger partial charge >= 0.3 is 0 Å². The Bertz CT molecular complexity index is 732. The monoisotopic (exact) mass is 358 g/mol. The van der Waals surface area contributed by atoms with Gasteiger partial charge in [-0.15, -0.1) is 0 Å². The number of fused-ring (bicyclic) bond motifs is 1. The second-order valence-corrected chi connectivity index (χ2v) is 6.71. The Balaban J connectivity index is 2.27. The van der Waals surface area contributed by atoms with Gasteiger partial charge in [-0.1, -0.05) is 33.1 Å². The molecule has 0 bridgehead atoms. The summed E-state index contributed by atoms with van der Waals surface area (Å²) in [7, 11) is 1.58. The van der Waals surface area contributed by atoms with E-state index in [2.05, 4.69) is 24.1 Å². The van der Waals surface area contributed by atoms with E-state index in [0.717, 1.165) is 48.0 Å². The van der Waals surface area contributed by atoms with E-state index >= 15 is 0 Å². The summed E-state index contributed by atoms with van der Waals surface area (Å²) in [4.78, 5) is 17.3. The molecular weight excluding hydrogens is 328 g/mol. The number of rotatable bonds is 10. The van der Waals surface area contributed by atoms with Crippen molar-refractivity contribution in [1.29, 1.82) is 0 Å². The van der Waals surface area contributed by atoms with Crippen molar-refractivity contribution in [2.75, 3.05) is 19.0 Å². The van der Waals surface area contributed by atoms with E-state index in [1.165, 1.54) is 0 Å². The van der Waals surface area contributed by atoms with E-state index < -0.39 is 5.60 Å². The highest BCUT2D eigenvalue weighted by atomic mass is 16.5. The number of unbranched alkanes of at least 4 members (excludes halogenated alkanes) is 2. The summed E-state index contributed by atoms with van der Waals surface area (Å²) in [5.41, 5.74) is 0.635. The number of aromatic nitrogens is 1. The zero-order chi connectivity index (χ0) is 19.0. The topological polar surface area (TPSA) is 60.5 Å². The molecule has 0 aliphatic rings. The van der Waals surface area contributed by atoms with Crippen molar-refractivity contribution in [2.45, 2.75) is 58.5 Å². The van der Waals surface area contributed by atoms with Crippen LogP contribution in [0.1, 0.15) is 52.9 Å². The van der Waals surface area contributed by atoms with Crippen molar-refractivity contribution >= 4 is 22.5 Å². The van der Waals surface area contributed by atoms with Crippen LogP contribution in [0.2, 0.25) is 0 Å². The Morgan fingerprint density at radius 3 is 2.65 bits per heavy atom. The highest BCUT2D eigenvalue weighted by Gasteiger charge is 2.32. The zero-order valence-electron chi connectivity index (χ0n) is 16.3. The fourth-order valence-electron chi connectivity index (χ4n) is 2.78. The van der Waals surface area contributed by atoms with Gasteiger partial charge in [0, 0.05) is 18.7 Å². The maximum absolute atomic E-state index is 12.8. The minimum atomic E-state index is -0.846. The van der Waals surface area contributed by atoms with Crippen LogP contribution in [-0.2, 0) is 9.53 Å². The molecule has 0 aliphatic carbocycles. The number of hydrogen-bond donors (Lipinski definition) is 1. The van der Waals surface area contributed by atoms with E-state index in [9.17, 15) is 4.79 Å². The number of benzene rings is 1. The average molecular weight is 358 g/mol. The Morgan fingerprint density at radius 2 is 1.96 bits per heavy atom. The highest BCUT2D eigenvalue weighted by Crippen LogP contribution is 2.31. The Morgan fingerprint density at radius 1 is 1.19 bits per heavy atom. The molecule has 26 heavy (non-hydrogen) atoms. The number of anilines is 1. The molecule has 0 aliphatic heterocycles. The predicted molar refractivity (Wildman–Crippen MR) is 106 cm³/mol. The summed E-state index contributed by atoms with van der Waals surface area (Å²) in [6, 6.07) is 7.55. The number of nitrogens with zero attached hydrogens (tertiary/aromatic N) is 1. The van der Waals surface area contributed by atoms with Crippen molar-refractivity contribution in [3.63, 3.8) is 0 Å². The normalized spacial score (nSPS) is 13.4. The molecule has 0 saturated heterocycles. The summed E-state index contributed by atoms with van der Waals surface area (Å²) in [5.74, 6) is 0.603. The van der Waals surface area contributed by atoms with E-state index in [1.807, 2.05) is 31.2 Å². The van der Waals surface area contributed by atoms with Gasteiger partial charge in [0.15, 0.2) is 0 Å². The van der Waals surface area contributed by atoms with Gasteiger partial charge in [0.25, 0.3) is 5.91 Å². The number of methoxy groups -OCH3 is 1. The molecule has 2 rings (SSSR count). The fraction of sp³-hybridized carbons (Fsp3) is 0.524. The molecular formula is C21H30N2O3. The summed E-state index contributed by atoms with van der Waals surface area (Å²) < 4.78 is 11.4. The molecule has 142 valence electrons. The molecule has 0 spiro atoms. The van der Waals surface area contributed by atoms with Crippen LogP contribution >= 0.6 is 0 Å². The molecule has 0 saturated carbocycles. The minimum Gasteiger partial charge on any atom is -0.491 e. The molecule has 0 fully saturated rings. The molecule has 1 heterocycles. The van der Waals surface area contributed by atoms with Gasteiger partial charge in [0.05, 0.1) is 12.3 Å². The lowest BCUT2D eigenvalue weighted by molar-refractivity contribution is -0.136. The number of ether oxygens (including phenoxy) is 2. The maximum Gasteiger partial charge on any atom is 0.256 e. The Hall–Kier alpha value is -2.14. The van der Waals surface area contributed by atoms with Crippen LogP contribution < -0.4 is 10.1 Å². The standard InChI is InChI=1S/C21H30N2O3/c1-5-7-13-21(3,25-4)20(24)23-17-11-12-18(26-15-8-6-2)19-16(17)10-9-14-22-19/h9-12,14H,5-8,13,15H2,1-4H3,(H,23,24)/t21-/m1/s1. The zero-order valence-corrected chi connectivity index (χ0v) is 16.3. The smallest absolute Gasteiger partial charge is 0.256 e.